The monoisotopic (exact) mass is 473 g/mol. The van der Waals surface area contributed by atoms with Crippen molar-refractivity contribution in [1.29, 1.82) is 0 Å². The molecule has 162 valence electrons. The topological polar surface area (TPSA) is 151 Å². The molecule has 0 amide bonds. The predicted octanol–water partition coefficient (Wildman–Crippen LogP) is 0.844. The van der Waals surface area contributed by atoms with Gasteiger partial charge in [-0.2, -0.15) is 9.97 Å². The smallest absolute Gasteiger partial charge is 0.226 e. The highest BCUT2D eigenvalue weighted by Crippen LogP contribution is 2.33. The minimum absolute atomic E-state index is 0.00176. The maximum absolute atomic E-state index is 10.3. The standard InChI is InChI=1S/C16H20ClN7O4S2/c1-6(4-29-16-23-22-7(2)30-16)19-12-9-13(21-15(17)20-12)24(5-18-9)14-11(27)10(26)8(3-25)28-14/h5-6,8,10-11,14,25-27H,3-4H2,1-2H3,(H,19,20,21)/t6-,8-,10-,11-,14-/m1/s1. The second kappa shape index (κ2) is 8.86. The molecule has 3 aromatic heterocycles. The molecule has 0 unspecified atom stereocenters. The quantitative estimate of drug-likeness (QED) is 0.285. The number of halogens is 1. The Hall–Kier alpha value is -1.61. The van der Waals surface area contributed by atoms with Crippen molar-refractivity contribution >= 4 is 51.7 Å². The van der Waals surface area contributed by atoms with Crippen molar-refractivity contribution in [2.75, 3.05) is 17.7 Å². The van der Waals surface area contributed by atoms with Crippen molar-refractivity contribution in [2.45, 2.75) is 48.8 Å². The van der Waals surface area contributed by atoms with E-state index in [1.165, 1.54) is 22.2 Å². The first-order valence-corrected chi connectivity index (χ1v) is 11.3. The molecular formula is C16H20ClN7O4S2. The Morgan fingerprint density at radius 1 is 1.33 bits per heavy atom. The Kier molecular flexibility index (Phi) is 6.39. The molecule has 4 heterocycles. The van der Waals surface area contributed by atoms with E-state index in [1.54, 1.807) is 11.8 Å². The number of fused-ring (bicyclic) bond motifs is 1. The van der Waals surface area contributed by atoms with Gasteiger partial charge in [0, 0.05) is 11.8 Å². The first kappa shape index (κ1) is 21.6. The summed E-state index contributed by atoms with van der Waals surface area (Å²) in [4.78, 5) is 12.8. The van der Waals surface area contributed by atoms with E-state index in [1.807, 2.05) is 13.8 Å². The van der Waals surface area contributed by atoms with E-state index in [9.17, 15) is 15.3 Å². The molecule has 4 rings (SSSR count). The van der Waals surface area contributed by atoms with Crippen molar-refractivity contribution in [1.82, 2.24) is 29.7 Å². The molecule has 0 bridgehead atoms. The van der Waals surface area contributed by atoms with Crippen LogP contribution in [0.1, 0.15) is 18.2 Å². The number of hydrogen-bond donors (Lipinski definition) is 4. The van der Waals surface area contributed by atoms with Crippen LogP contribution < -0.4 is 5.32 Å². The van der Waals surface area contributed by atoms with Crippen LogP contribution in [0, 0.1) is 6.92 Å². The molecular weight excluding hydrogens is 454 g/mol. The predicted molar refractivity (Wildman–Crippen MR) is 112 cm³/mol. The second-order valence-corrected chi connectivity index (χ2v) is 9.62. The average Bonchev–Trinajstić information content (AvgIpc) is 3.39. The van der Waals surface area contributed by atoms with Crippen LogP contribution in [0.5, 0.6) is 0 Å². The lowest BCUT2D eigenvalue weighted by Gasteiger charge is -2.17. The lowest BCUT2D eigenvalue weighted by Crippen LogP contribution is -2.33. The molecule has 0 radical (unpaired) electrons. The number of rotatable bonds is 7. The van der Waals surface area contributed by atoms with E-state index >= 15 is 0 Å². The number of aromatic nitrogens is 6. The third-order valence-corrected chi connectivity index (χ3v) is 6.93. The van der Waals surface area contributed by atoms with Gasteiger partial charge in [-0.05, 0) is 25.4 Å². The number of aryl methyl sites for hydroxylation is 1. The van der Waals surface area contributed by atoms with Crippen LogP contribution in [-0.4, -0.2) is 81.7 Å². The van der Waals surface area contributed by atoms with E-state index in [-0.39, 0.29) is 11.3 Å². The Labute approximate surface area is 184 Å². The molecule has 1 saturated heterocycles. The maximum Gasteiger partial charge on any atom is 0.226 e. The van der Waals surface area contributed by atoms with Crippen molar-refractivity contribution < 1.29 is 20.1 Å². The van der Waals surface area contributed by atoms with E-state index in [2.05, 4.69) is 30.5 Å². The molecule has 5 atom stereocenters. The van der Waals surface area contributed by atoms with Gasteiger partial charge < -0.3 is 25.4 Å². The van der Waals surface area contributed by atoms with Gasteiger partial charge in [-0.3, -0.25) is 4.57 Å². The number of aliphatic hydroxyl groups is 3. The zero-order valence-electron chi connectivity index (χ0n) is 16.0. The molecule has 0 spiro atoms. The third-order valence-electron chi connectivity index (χ3n) is 4.53. The van der Waals surface area contributed by atoms with Gasteiger partial charge >= 0.3 is 0 Å². The normalized spacial score (nSPS) is 25.1. The summed E-state index contributed by atoms with van der Waals surface area (Å²) in [5.74, 6) is 1.16. The molecule has 30 heavy (non-hydrogen) atoms. The maximum atomic E-state index is 10.3. The highest BCUT2D eigenvalue weighted by Gasteiger charge is 2.44. The van der Waals surface area contributed by atoms with Crippen molar-refractivity contribution in [2.24, 2.45) is 0 Å². The lowest BCUT2D eigenvalue weighted by molar-refractivity contribution is -0.0511. The van der Waals surface area contributed by atoms with E-state index in [4.69, 9.17) is 16.3 Å². The van der Waals surface area contributed by atoms with E-state index in [0.29, 0.717) is 22.7 Å². The summed E-state index contributed by atoms with van der Waals surface area (Å²) < 4.78 is 7.93. The molecule has 0 saturated carbocycles. The fourth-order valence-electron chi connectivity index (χ4n) is 3.09. The van der Waals surface area contributed by atoms with Crippen LogP contribution in [-0.2, 0) is 4.74 Å². The van der Waals surface area contributed by atoms with E-state index in [0.717, 1.165) is 9.35 Å². The Morgan fingerprint density at radius 3 is 2.80 bits per heavy atom. The van der Waals surface area contributed by atoms with Gasteiger partial charge in [0.15, 0.2) is 27.5 Å². The number of nitrogens with zero attached hydrogens (tertiary/aromatic N) is 6. The fraction of sp³-hybridized carbons (Fsp3) is 0.562. The number of imidazole rings is 1. The largest absolute Gasteiger partial charge is 0.394 e. The van der Waals surface area contributed by atoms with Gasteiger partial charge in [-0.25, -0.2) is 4.98 Å². The van der Waals surface area contributed by atoms with Gasteiger partial charge in [0.1, 0.15) is 23.3 Å². The molecule has 0 aliphatic carbocycles. The summed E-state index contributed by atoms with van der Waals surface area (Å²) >= 11 is 9.24. The summed E-state index contributed by atoms with van der Waals surface area (Å²) in [6, 6.07) is 0.00688. The highest BCUT2D eigenvalue weighted by atomic mass is 35.5. The van der Waals surface area contributed by atoms with Gasteiger partial charge in [-0.15, -0.1) is 10.2 Å². The molecule has 11 nitrogen and oxygen atoms in total. The van der Waals surface area contributed by atoms with Crippen LogP contribution >= 0.6 is 34.7 Å². The Balaban J connectivity index is 1.55. The molecule has 1 fully saturated rings. The van der Waals surface area contributed by atoms with Gasteiger partial charge in [0.2, 0.25) is 5.28 Å². The number of aliphatic hydroxyl groups excluding tert-OH is 3. The van der Waals surface area contributed by atoms with Gasteiger partial charge in [0.05, 0.1) is 12.9 Å². The zero-order valence-corrected chi connectivity index (χ0v) is 18.4. The minimum Gasteiger partial charge on any atom is -0.394 e. The number of ether oxygens (including phenoxy) is 1. The number of anilines is 1. The van der Waals surface area contributed by atoms with Crippen LogP contribution in [0.4, 0.5) is 5.82 Å². The number of nitrogens with one attached hydrogen (secondary N) is 1. The zero-order chi connectivity index (χ0) is 21.4. The fourth-order valence-corrected chi connectivity index (χ4v) is 5.05. The molecule has 1 aliphatic rings. The Morgan fingerprint density at radius 2 is 2.13 bits per heavy atom. The second-order valence-electron chi connectivity index (χ2n) is 6.84. The molecule has 3 aromatic rings. The van der Waals surface area contributed by atoms with Gasteiger partial charge in [-0.1, -0.05) is 23.1 Å². The van der Waals surface area contributed by atoms with Crippen molar-refractivity contribution in [3.63, 3.8) is 0 Å². The number of hydrogen-bond acceptors (Lipinski definition) is 12. The summed E-state index contributed by atoms with van der Waals surface area (Å²) in [6.45, 7) is 3.48. The third kappa shape index (κ3) is 4.23. The minimum atomic E-state index is -1.25. The van der Waals surface area contributed by atoms with Crippen LogP contribution in [0.15, 0.2) is 10.7 Å². The Bertz CT molecular complexity index is 1030. The molecule has 4 N–H and O–H groups in total. The summed E-state index contributed by atoms with van der Waals surface area (Å²) in [5.41, 5.74) is 0.785. The highest BCUT2D eigenvalue weighted by molar-refractivity contribution is 8.01. The van der Waals surface area contributed by atoms with Crippen molar-refractivity contribution in [3.05, 3.63) is 16.6 Å². The van der Waals surface area contributed by atoms with Crippen molar-refractivity contribution in [3.8, 4) is 0 Å². The number of thioether (sulfide) groups is 1. The van der Waals surface area contributed by atoms with Crippen LogP contribution in [0.25, 0.3) is 11.2 Å². The summed E-state index contributed by atoms with van der Waals surface area (Å²) in [5, 5.41) is 42.0. The molecule has 14 heteroatoms. The average molecular weight is 474 g/mol. The molecule has 0 aromatic carbocycles. The van der Waals surface area contributed by atoms with Crippen LogP contribution in [0.3, 0.4) is 0 Å². The SMILES string of the molecule is Cc1nnc(SC[C@@H](C)Nc2nc(Cl)nc3c2ncn3[C@@H]2O[C@H](CO)[C@@H](O)[C@H]2O)s1. The first-order valence-electron chi connectivity index (χ1n) is 9.09. The van der Waals surface area contributed by atoms with Crippen LogP contribution in [0.2, 0.25) is 5.28 Å². The summed E-state index contributed by atoms with van der Waals surface area (Å²) in [7, 11) is 0. The lowest BCUT2D eigenvalue weighted by atomic mass is 10.1. The molecule has 1 aliphatic heterocycles. The summed E-state index contributed by atoms with van der Waals surface area (Å²) in [6.07, 6.45) is -2.92. The van der Waals surface area contributed by atoms with E-state index < -0.39 is 31.1 Å². The first-order chi connectivity index (χ1) is 14.4. The van der Waals surface area contributed by atoms with Gasteiger partial charge in [0.25, 0.3) is 0 Å².